The fourth-order valence-corrected chi connectivity index (χ4v) is 12.0. The van der Waals surface area contributed by atoms with Crippen LogP contribution in [0.1, 0.15) is 22.6 Å². The first-order chi connectivity index (χ1) is 35.5. The minimum Gasteiger partial charge on any atom is -0.339 e. The van der Waals surface area contributed by atoms with Gasteiger partial charge in [-0.05, 0) is 127 Å². The third-order valence-electron chi connectivity index (χ3n) is 12.5. The first-order valence-electron chi connectivity index (χ1n) is 22.8. The molecule has 11 rings (SSSR count). The second-order valence-electron chi connectivity index (χ2n) is 17.4. The molecular formula is C53H39Cl2N9O7S3. The third kappa shape index (κ3) is 9.82. The Bertz CT molecular complexity index is 4140. The normalized spacial score (nSPS) is 13.0. The number of nitrogens with zero attached hydrogens (tertiary/aromatic N) is 7. The molecule has 0 spiro atoms. The third-order valence-corrected chi connectivity index (χ3v) is 17.4. The highest BCUT2D eigenvalue weighted by Crippen LogP contribution is 2.33. The predicted octanol–water partition coefficient (Wildman–Crippen LogP) is 10.2. The first-order valence-corrected chi connectivity index (χ1v) is 28.2. The summed E-state index contributed by atoms with van der Waals surface area (Å²) in [7, 11) is -11.8. The molecule has 0 radical (unpaired) electrons. The molecular weight excluding hydrogens is 1040 g/mol. The molecule has 1 aliphatic rings. The van der Waals surface area contributed by atoms with Crippen LogP contribution in [0.5, 0.6) is 0 Å². The number of rotatable bonds is 14. The van der Waals surface area contributed by atoms with Crippen LogP contribution in [0.25, 0.3) is 55.8 Å². The lowest BCUT2D eigenvalue weighted by Gasteiger charge is -2.30. The highest BCUT2D eigenvalue weighted by Gasteiger charge is 2.24. The van der Waals surface area contributed by atoms with Crippen molar-refractivity contribution in [2.75, 3.05) is 22.5 Å². The molecule has 0 aliphatic carbocycles. The largest absolute Gasteiger partial charge is 0.339 e. The van der Waals surface area contributed by atoms with Gasteiger partial charge in [0, 0.05) is 74.7 Å². The average molecular weight is 1080 g/mol. The average Bonchev–Trinajstić information content (AvgIpc) is 4.02. The Labute approximate surface area is 434 Å². The Kier molecular flexibility index (Phi) is 12.5. The number of benzene rings is 6. The fraction of sp³-hybridized carbons (Fsp3) is 0.0755. The van der Waals surface area contributed by atoms with Crippen molar-refractivity contribution in [1.29, 1.82) is 0 Å². The van der Waals surface area contributed by atoms with Crippen LogP contribution in [0.2, 0.25) is 10.0 Å². The van der Waals surface area contributed by atoms with Gasteiger partial charge in [0.05, 0.1) is 37.1 Å². The second kappa shape index (κ2) is 19.2. The summed E-state index contributed by atoms with van der Waals surface area (Å²) in [6.45, 7) is 1.47. The Hall–Kier alpha value is -7.94. The second-order valence-corrected chi connectivity index (χ2v) is 23.6. The van der Waals surface area contributed by atoms with Crippen molar-refractivity contribution in [3.63, 3.8) is 0 Å². The molecule has 1 fully saturated rings. The van der Waals surface area contributed by atoms with Gasteiger partial charge in [0.2, 0.25) is 0 Å². The zero-order valence-electron chi connectivity index (χ0n) is 38.5. The van der Waals surface area contributed by atoms with Gasteiger partial charge in [0.1, 0.15) is 12.1 Å². The molecule has 1 saturated heterocycles. The van der Waals surface area contributed by atoms with Crippen molar-refractivity contribution in [1.82, 2.24) is 34.1 Å². The van der Waals surface area contributed by atoms with Crippen LogP contribution >= 0.6 is 23.2 Å². The van der Waals surface area contributed by atoms with Gasteiger partial charge in [-0.2, -0.15) is 10.2 Å². The van der Waals surface area contributed by atoms with E-state index in [0.717, 1.165) is 36.2 Å². The number of halogens is 2. The van der Waals surface area contributed by atoms with Crippen LogP contribution in [0, 0.1) is 0 Å². The highest BCUT2D eigenvalue weighted by molar-refractivity contribution is 7.93. The fourth-order valence-electron chi connectivity index (χ4n) is 8.45. The Balaban J connectivity index is 0.858. The van der Waals surface area contributed by atoms with Crippen LogP contribution in [-0.2, 0) is 35.6 Å². The SMILES string of the molecule is O=C(c1ccc(-c2cc3c(-c4ccc(NS(=O)(=O)c5ccc(Cl)cc5)cc4)nc(CS(=O)(=O)c4ccc(-c5cc6c(-c7ccc(NS(=O)(=O)c8ccc(Cl)cc8)cc7)ncnn6c5)cc4)nn3c2)cc1)N1CCC1. The van der Waals surface area contributed by atoms with Gasteiger partial charge in [-0.3, -0.25) is 14.2 Å². The summed E-state index contributed by atoms with van der Waals surface area (Å²) in [6, 6.07) is 42.5. The molecule has 5 heterocycles. The van der Waals surface area contributed by atoms with Crippen LogP contribution in [0.3, 0.4) is 0 Å². The maximum atomic E-state index is 14.2. The monoisotopic (exact) mass is 1080 g/mol. The number of aromatic nitrogens is 6. The number of carbonyl (C=O) groups excluding carboxylic acids is 1. The molecule has 0 saturated carbocycles. The van der Waals surface area contributed by atoms with Crippen molar-refractivity contribution in [2.24, 2.45) is 0 Å². The summed E-state index contributed by atoms with van der Waals surface area (Å²) < 4.78 is 89.1. The number of nitrogens with one attached hydrogen (secondary N) is 2. The molecule has 4 aromatic heterocycles. The number of likely N-dealkylation sites (tertiary alicyclic amines) is 1. The minimum atomic E-state index is -4.03. The number of hydrogen-bond acceptors (Lipinski definition) is 11. The minimum absolute atomic E-state index is 0.0125. The Morgan fingerprint density at radius 3 is 1.50 bits per heavy atom. The topological polar surface area (TPSA) is 207 Å². The van der Waals surface area contributed by atoms with Gasteiger partial charge >= 0.3 is 0 Å². The molecule has 6 aromatic carbocycles. The van der Waals surface area contributed by atoms with Gasteiger partial charge in [-0.1, -0.05) is 71.7 Å². The molecule has 16 nitrogen and oxygen atoms in total. The van der Waals surface area contributed by atoms with E-state index in [1.54, 1.807) is 99.1 Å². The molecule has 1 aliphatic heterocycles. The predicted molar refractivity (Wildman–Crippen MR) is 284 cm³/mol. The Morgan fingerprint density at radius 1 is 0.527 bits per heavy atom. The van der Waals surface area contributed by atoms with Crippen LogP contribution in [-0.4, -0.2) is 78.3 Å². The summed E-state index contributed by atoms with van der Waals surface area (Å²) in [5.74, 6) is -0.562. The number of carbonyl (C=O) groups is 1. The van der Waals surface area contributed by atoms with Crippen molar-refractivity contribution in [3.8, 4) is 44.8 Å². The Morgan fingerprint density at radius 2 is 0.986 bits per heavy atom. The molecule has 21 heteroatoms. The number of amides is 1. The number of hydrogen-bond donors (Lipinski definition) is 2. The summed E-state index contributed by atoms with van der Waals surface area (Å²) >= 11 is 11.9. The number of sulfone groups is 1. The van der Waals surface area contributed by atoms with E-state index in [4.69, 9.17) is 28.2 Å². The molecule has 0 atom stereocenters. The van der Waals surface area contributed by atoms with Crippen LogP contribution < -0.4 is 9.44 Å². The number of anilines is 2. The van der Waals surface area contributed by atoms with Crippen molar-refractivity contribution >= 4 is 81.4 Å². The quantitative estimate of drug-likeness (QED) is 0.105. The van der Waals surface area contributed by atoms with E-state index in [9.17, 15) is 30.0 Å². The molecule has 0 unspecified atom stereocenters. The maximum Gasteiger partial charge on any atom is 0.261 e. The molecule has 1 amide bonds. The molecule has 10 aromatic rings. The van der Waals surface area contributed by atoms with Gasteiger partial charge in [-0.15, -0.1) is 0 Å². The lowest BCUT2D eigenvalue weighted by molar-refractivity contribution is 0.0651. The van der Waals surface area contributed by atoms with Gasteiger partial charge in [0.15, 0.2) is 15.7 Å². The van der Waals surface area contributed by atoms with E-state index in [-0.39, 0.29) is 32.1 Å². The summed E-state index contributed by atoms with van der Waals surface area (Å²) in [5.41, 5.74) is 7.71. The first kappa shape index (κ1) is 48.3. The maximum absolute atomic E-state index is 14.2. The van der Waals surface area contributed by atoms with Crippen molar-refractivity contribution < 1.29 is 30.0 Å². The molecule has 74 heavy (non-hydrogen) atoms. The van der Waals surface area contributed by atoms with E-state index < -0.39 is 35.6 Å². The highest BCUT2D eigenvalue weighted by atomic mass is 35.5. The van der Waals surface area contributed by atoms with E-state index in [0.29, 0.717) is 60.4 Å². The van der Waals surface area contributed by atoms with Gasteiger partial charge in [0.25, 0.3) is 26.0 Å². The lowest BCUT2D eigenvalue weighted by atomic mass is 10.0. The standard InChI is InChI=1S/C53H39Cl2N9O7S3/c54-41-12-22-46(23-13-41)73(68,69)60-43-16-6-36(7-17-43)51-48-28-39(30-63(48)57-33-56-51)35-10-20-45(21-11-35)72(66,67)32-50-58-52(37-8-18-44(19-9-37)61-74(70,71)47-24-14-42(55)15-25-47)49-29-40(31-64(49)59-50)34-2-4-38(5-3-34)53(65)62-26-1-27-62/h2-25,28-31,33,60-61H,1,26-27,32H2. The smallest absolute Gasteiger partial charge is 0.261 e. The molecule has 2 N–H and O–H groups in total. The van der Waals surface area contributed by atoms with Gasteiger partial charge in [-0.25, -0.2) is 44.3 Å². The van der Waals surface area contributed by atoms with E-state index >= 15 is 0 Å². The van der Waals surface area contributed by atoms with Gasteiger partial charge < -0.3 is 4.90 Å². The summed E-state index contributed by atoms with van der Waals surface area (Å²) in [6.07, 6.45) is 5.97. The number of sulfonamides is 2. The zero-order chi connectivity index (χ0) is 51.4. The lowest BCUT2D eigenvalue weighted by Crippen LogP contribution is -2.41. The van der Waals surface area contributed by atoms with E-state index in [1.807, 2.05) is 24.3 Å². The van der Waals surface area contributed by atoms with Crippen LogP contribution in [0.4, 0.5) is 11.4 Å². The van der Waals surface area contributed by atoms with E-state index in [1.165, 1.54) is 67.0 Å². The summed E-state index contributed by atoms with van der Waals surface area (Å²) in [5, 5.41) is 9.90. The van der Waals surface area contributed by atoms with Crippen molar-refractivity contribution in [3.05, 3.63) is 198 Å². The number of fused-ring (bicyclic) bond motifs is 2. The zero-order valence-corrected chi connectivity index (χ0v) is 42.5. The summed E-state index contributed by atoms with van der Waals surface area (Å²) in [4.78, 5) is 24.2. The van der Waals surface area contributed by atoms with Crippen LogP contribution in [0.15, 0.2) is 191 Å². The molecule has 0 bridgehead atoms. The molecule has 370 valence electrons. The van der Waals surface area contributed by atoms with E-state index in [2.05, 4.69) is 24.6 Å². The van der Waals surface area contributed by atoms with Crippen molar-refractivity contribution in [2.45, 2.75) is 26.9 Å².